The van der Waals surface area contributed by atoms with Crippen molar-refractivity contribution in [1.29, 1.82) is 0 Å². The summed E-state index contributed by atoms with van der Waals surface area (Å²) in [6.45, 7) is 4.04. The van der Waals surface area contributed by atoms with Crippen molar-refractivity contribution in [3.05, 3.63) is 36.0 Å². The predicted molar refractivity (Wildman–Crippen MR) is 125 cm³/mol. The van der Waals surface area contributed by atoms with Gasteiger partial charge in [-0.1, -0.05) is 0 Å². The molecule has 5 rings (SSSR count). The molecule has 1 aromatic heterocycles. The van der Waals surface area contributed by atoms with Crippen LogP contribution in [0.25, 0.3) is 11.4 Å². The number of ether oxygens (including phenoxy) is 1. The van der Waals surface area contributed by atoms with E-state index in [0.717, 1.165) is 37.1 Å². The molecule has 2 aromatic rings. The zero-order valence-corrected chi connectivity index (χ0v) is 19.1. The molecule has 174 valence electrons. The number of carbonyl (C=O) groups excluding carboxylic acids is 2. The Morgan fingerprint density at radius 1 is 1.12 bits per heavy atom. The highest BCUT2D eigenvalue weighted by atomic mass is 16.5. The third-order valence-corrected chi connectivity index (χ3v) is 6.32. The molecule has 0 bridgehead atoms. The van der Waals surface area contributed by atoms with E-state index in [0.29, 0.717) is 49.0 Å². The average Bonchev–Trinajstić information content (AvgIpc) is 3.74. The molecule has 2 N–H and O–H groups in total. The number of urea groups is 1. The molecule has 2 aliphatic carbocycles. The molecule has 9 nitrogen and oxygen atoms in total. The highest BCUT2D eigenvalue weighted by Crippen LogP contribution is 2.29. The molecule has 1 atom stereocenters. The van der Waals surface area contributed by atoms with Crippen LogP contribution in [0.15, 0.2) is 30.3 Å². The van der Waals surface area contributed by atoms with Crippen LogP contribution in [0.4, 0.5) is 16.3 Å². The first-order valence-electron chi connectivity index (χ1n) is 11.7. The first-order valence-corrected chi connectivity index (χ1v) is 11.7. The number of nitrogens with one attached hydrogen (secondary N) is 2. The van der Waals surface area contributed by atoms with E-state index in [-0.39, 0.29) is 18.0 Å². The largest absolute Gasteiger partial charge is 0.377 e. The second-order valence-electron chi connectivity index (χ2n) is 9.15. The number of hydrogen-bond donors (Lipinski definition) is 2. The van der Waals surface area contributed by atoms with E-state index < -0.39 is 0 Å². The molecule has 3 aliphatic rings. The molecule has 3 amide bonds. The van der Waals surface area contributed by atoms with Gasteiger partial charge in [0.2, 0.25) is 0 Å². The molecular formula is C24H30N6O3. The van der Waals surface area contributed by atoms with E-state index in [4.69, 9.17) is 9.72 Å². The van der Waals surface area contributed by atoms with Crippen molar-refractivity contribution in [3.8, 4) is 11.4 Å². The number of hydrogen-bond acceptors (Lipinski definition) is 6. The number of morpholine rings is 1. The minimum atomic E-state index is -0.194. The fourth-order valence-electron chi connectivity index (χ4n) is 3.98. The van der Waals surface area contributed by atoms with Gasteiger partial charge in [0.25, 0.3) is 5.91 Å². The molecule has 1 aliphatic heterocycles. The lowest BCUT2D eigenvalue weighted by Gasteiger charge is -2.34. The molecule has 0 unspecified atom stereocenters. The van der Waals surface area contributed by atoms with Crippen molar-refractivity contribution >= 4 is 23.4 Å². The molecule has 2 heterocycles. The standard InChI is InChI=1S/C24H30N6O3/c1-15-14-33-12-11-30(15)21-13-20(23(31)29(2)19-9-10-19)27-22(28-21)16-3-5-17(6-4-16)25-24(32)26-18-7-8-18/h3-6,13,15,18-19H,7-12,14H2,1-2H3,(H2,25,26,32)/t15-/m0/s1. The molecular weight excluding hydrogens is 420 g/mol. The molecule has 9 heteroatoms. The molecule has 1 aromatic carbocycles. The van der Waals surface area contributed by atoms with E-state index >= 15 is 0 Å². The van der Waals surface area contributed by atoms with Gasteiger partial charge in [-0.3, -0.25) is 4.79 Å². The van der Waals surface area contributed by atoms with Crippen LogP contribution in [-0.2, 0) is 4.74 Å². The number of nitrogens with zero attached hydrogens (tertiary/aromatic N) is 4. The number of aromatic nitrogens is 2. The van der Waals surface area contributed by atoms with Gasteiger partial charge in [-0.05, 0) is 56.9 Å². The van der Waals surface area contributed by atoms with Gasteiger partial charge in [0, 0.05) is 43.0 Å². The van der Waals surface area contributed by atoms with Crippen LogP contribution in [0.5, 0.6) is 0 Å². The summed E-state index contributed by atoms with van der Waals surface area (Å²) in [5.41, 5.74) is 1.88. The first kappa shape index (κ1) is 21.6. The number of anilines is 2. The molecule has 2 saturated carbocycles. The van der Waals surface area contributed by atoms with Gasteiger partial charge in [0.05, 0.1) is 19.3 Å². The van der Waals surface area contributed by atoms with Crippen molar-refractivity contribution in [1.82, 2.24) is 20.2 Å². The Balaban J connectivity index is 1.42. The average molecular weight is 451 g/mol. The molecule has 33 heavy (non-hydrogen) atoms. The lowest BCUT2D eigenvalue weighted by Crippen LogP contribution is -2.44. The Morgan fingerprint density at radius 2 is 1.88 bits per heavy atom. The minimum Gasteiger partial charge on any atom is -0.377 e. The maximum atomic E-state index is 13.1. The topological polar surface area (TPSA) is 99.7 Å². The van der Waals surface area contributed by atoms with Crippen molar-refractivity contribution in [2.24, 2.45) is 0 Å². The summed E-state index contributed by atoms with van der Waals surface area (Å²) < 4.78 is 5.58. The van der Waals surface area contributed by atoms with Gasteiger partial charge in [0.15, 0.2) is 5.82 Å². The summed E-state index contributed by atoms with van der Waals surface area (Å²) in [5, 5.41) is 5.76. The quantitative estimate of drug-likeness (QED) is 0.702. The van der Waals surface area contributed by atoms with Crippen LogP contribution in [-0.4, -0.2) is 71.7 Å². The van der Waals surface area contributed by atoms with Crippen molar-refractivity contribution in [2.75, 3.05) is 37.0 Å². The Kier molecular flexibility index (Phi) is 5.88. The zero-order valence-electron chi connectivity index (χ0n) is 19.1. The van der Waals surface area contributed by atoms with Gasteiger partial charge >= 0.3 is 6.03 Å². The van der Waals surface area contributed by atoms with Crippen LogP contribution in [0.2, 0.25) is 0 Å². The minimum absolute atomic E-state index is 0.0849. The van der Waals surface area contributed by atoms with Crippen LogP contribution < -0.4 is 15.5 Å². The first-order chi connectivity index (χ1) is 16.0. The number of amides is 3. The second-order valence-corrected chi connectivity index (χ2v) is 9.15. The summed E-state index contributed by atoms with van der Waals surface area (Å²) >= 11 is 0. The van der Waals surface area contributed by atoms with E-state index in [2.05, 4.69) is 27.4 Å². The second kappa shape index (κ2) is 8.97. The van der Waals surface area contributed by atoms with Gasteiger partial charge in [-0.25, -0.2) is 14.8 Å². The molecule has 3 fully saturated rings. The van der Waals surface area contributed by atoms with Gasteiger partial charge in [0.1, 0.15) is 11.5 Å². The van der Waals surface area contributed by atoms with Crippen LogP contribution in [0.1, 0.15) is 43.1 Å². The summed E-state index contributed by atoms with van der Waals surface area (Å²) in [7, 11) is 1.84. The molecule has 0 spiro atoms. The Hall–Kier alpha value is -3.20. The van der Waals surface area contributed by atoms with Crippen molar-refractivity contribution < 1.29 is 14.3 Å². The van der Waals surface area contributed by atoms with E-state index in [1.54, 1.807) is 11.0 Å². The summed E-state index contributed by atoms with van der Waals surface area (Å²) in [5.74, 6) is 1.14. The van der Waals surface area contributed by atoms with Gasteiger partial charge in [-0.15, -0.1) is 0 Å². The lowest BCUT2D eigenvalue weighted by atomic mass is 10.1. The maximum Gasteiger partial charge on any atom is 0.319 e. The third-order valence-electron chi connectivity index (χ3n) is 6.32. The smallest absolute Gasteiger partial charge is 0.319 e. The number of carbonyl (C=O) groups is 2. The number of rotatable bonds is 6. The predicted octanol–water partition coefficient (Wildman–Crippen LogP) is 2.89. The maximum absolute atomic E-state index is 13.1. The van der Waals surface area contributed by atoms with Crippen LogP contribution in [0, 0.1) is 0 Å². The Bertz CT molecular complexity index is 1030. The van der Waals surface area contributed by atoms with E-state index in [9.17, 15) is 9.59 Å². The Morgan fingerprint density at radius 3 is 2.55 bits per heavy atom. The summed E-state index contributed by atoms with van der Waals surface area (Å²) in [6, 6.07) is 9.75. The number of benzene rings is 1. The highest BCUT2D eigenvalue weighted by molar-refractivity contribution is 5.94. The fourth-order valence-corrected chi connectivity index (χ4v) is 3.98. The summed E-state index contributed by atoms with van der Waals surface area (Å²) in [4.78, 5) is 38.5. The van der Waals surface area contributed by atoms with Crippen LogP contribution in [0.3, 0.4) is 0 Å². The third kappa shape index (κ3) is 5.08. The fraction of sp³-hybridized carbons (Fsp3) is 0.500. The van der Waals surface area contributed by atoms with Crippen LogP contribution >= 0.6 is 0 Å². The highest BCUT2D eigenvalue weighted by Gasteiger charge is 2.32. The van der Waals surface area contributed by atoms with Gasteiger partial charge in [-0.2, -0.15) is 0 Å². The monoisotopic (exact) mass is 450 g/mol. The summed E-state index contributed by atoms with van der Waals surface area (Å²) in [6.07, 6.45) is 4.16. The SMILES string of the molecule is C[C@H]1COCCN1c1cc(C(=O)N(C)C2CC2)nc(-c2ccc(NC(=O)NC3CC3)cc2)n1. The normalized spacial score (nSPS) is 20.3. The van der Waals surface area contributed by atoms with E-state index in [1.165, 1.54) is 0 Å². The molecule has 1 saturated heterocycles. The molecule has 0 radical (unpaired) electrons. The lowest BCUT2D eigenvalue weighted by molar-refractivity contribution is 0.0779. The van der Waals surface area contributed by atoms with Crippen molar-refractivity contribution in [3.63, 3.8) is 0 Å². The van der Waals surface area contributed by atoms with Gasteiger partial charge < -0.3 is 25.2 Å². The van der Waals surface area contributed by atoms with Crippen molar-refractivity contribution in [2.45, 2.75) is 50.7 Å². The van der Waals surface area contributed by atoms with E-state index in [1.807, 2.05) is 31.3 Å². The zero-order chi connectivity index (χ0) is 22.9. The Labute approximate surface area is 193 Å².